The Hall–Kier alpha value is -3.08. The topological polar surface area (TPSA) is 59.3 Å². The Kier molecular flexibility index (Phi) is 4.90. The van der Waals surface area contributed by atoms with Gasteiger partial charge in [0.1, 0.15) is 11.3 Å². The summed E-state index contributed by atoms with van der Waals surface area (Å²) in [5.74, 6) is 0.0918. The van der Waals surface area contributed by atoms with Gasteiger partial charge < -0.3 is 9.73 Å². The van der Waals surface area contributed by atoms with Gasteiger partial charge in [-0.25, -0.2) is 0 Å². The number of halogens is 2. The van der Waals surface area contributed by atoms with Crippen molar-refractivity contribution in [3.8, 4) is 11.3 Å². The molecule has 0 spiro atoms. The van der Waals surface area contributed by atoms with Crippen LogP contribution in [0.1, 0.15) is 10.4 Å². The molecule has 0 aliphatic rings. The van der Waals surface area contributed by atoms with Gasteiger partial charge in [-0.1, -0.05) is 35.3 Å². The lowest BCUT2D eigenvalue weighted by Crippen LogP contribution is -2.12. The molecule has 0 aliphatic carbocycles. The molecule has 0 atom stereocenters. The molecule has 4 rings (SSSR count). The van der Waals surface area contributed by atoms with Crippen LogP contribution < -0.4 is 10.7 Å². The van der Waals surface area contributed by atoms with E-state index in [1.807, 2.05) is 0 Å². The van der Waals surface area contributed by atoms with Gasteiger partial charge in [0.25, 0.3) is 5.91 Å². The molecule has 1 N–H and O–H groups in total. The van der Waals surface area contributed by atoms with Crippen LogP contribution in [0.2, 0.25) is 10.0 Å². The number of amides is 1. The molecule has 0 bridgehead atoms. The molecule has 3 aromatic carbocycles. The molecule has 0 aliphatic heterocycles. The van der Waals surface area contributed by atoms with Crippen molar-refractivity contribution in [3.05, 3.63) is 98.6 Å². The van der Waals surface area contributed by atoms with E-state index in [1.165, 1.54) is 6.07 Å². The number of hydrogen-bond donors (Lipinski definition) is 1. The summed E-state index contributed by atoms with van der Waals surface area (Å²) in [5, 5.41) is 4.08. The summed E-state index contributed by atoms with van der Waals surface area (Å²) in [6.45, 7) is 0. The van der Waals surface area contributed by atoms with Crippen LogP contribution in [0.4, 0.5) is 5.69 Å². The maximum Gasteiger partial charge on any atom is 0.257 e. The van der Waals surface area contributed by atoms with E-state index >= 15 is 0 Å². The number of rotatable bonds is 3. The largest absolute Gasteiger partial charge is 0.456 e. The van der Waals surface area contributed by atoms with Crippen molar-refractivity contribution in [3.63, 3.8) is 0 Å². The zero-order valence-corrected chi connectivity index (χ0v) is 15.9. The Bertz CT molecular complexity index is 1250. The summed E-state index contributed by atoms with van der Waals surface area (Å²) >= 11 is 12.0. The van der Waals surface area contributed by atoms with E-state index in [4.69, 9.17) is 27.6 Å². The molecule has 0 saturated carbocycles. The first-order valence-corrected chi connectivity index (χ1v) is 9.16. The highest BCUT2D eigenvalue weighted by atomic mass is 35.5. The molecule has 0 fully saturated rings. The van der Waals surface area contributed by atoms with Crippen LogP contribution in [0, 0.1) is 0 Å². The normalized spacial score (nSPS) is 10.8. The Morgan fingerprint density at radius 3 is 2.39 bits per heavy atom. The van der Waals surface area contributed by atoms with Gasteiger partial charge in [-0.15, -0.1) is 0 Å². The van der Waals surface area contributed by atoms with Crippen molar-refractivity contribution >= 4 is 45.8 Å². The fourth-order valence-electron chi connectivity index (χ4n) is 2.83. The molecule has 28 heavy (non-hydrogen) atoms. The minimum atomic E-state index is -0.355. The summed E-state index contributed by atoms with van der Waals surface area (Å²) < 4.78 is 5.86. The number of carbonyl (C=O) groups is 1. The van der Waals surface area contributed by atoms with Gasteiger partial charge in [-0.2, -0.15) is 0 Å². The number of carbonyl (C=O) groups excluding carboxylic acids is 1. The molecular weight excluding hydrogens is 397 g/mol. The number of fused-ring (bicyclic) bond motifs is 1. The van der Waals surface area contributed by atoms with E-state index in [0.717, 1.165) is 5.56 Å². The SMILES string of the molecule is O=C(Nc1ccc2oc(-c3ccc(Cl)cc3)cc(=O)c2c1)c1ccccc1Cl. The van der Waals surface area contributed by atoms with Crippen molar-refractivity contribution in [2.24, 2.45) is 0 Å². The third-order valence-electron chi connectivity index (χ3n) is 4.23. The van der Waals surface area contributed by atoms with Crippen LogP contribution in [0.25, 0.3) is 22.3 Å². The average molecular weight is 410 g/mol. The molecule has 1 aromatic heterocycles. The Morgan fingerprint density at radius 2 is 1.64 bits per heavy atom. The third kappa shape index (κ3) is 3.65. The van der Waals surface area contributed by atoms with Crippen LogP contribution in [-0.4, -0.2) is 5.91 Å². The monoisotopic (exact) mass is 409 g/mol. The second kappa shape index (κ2) is 7.50. The van der Waals surface area contributed by atoms with Crippen molar-refractivity contribution in [2.75, 3.05) is 5.32 Å². The van der Waals surface area contributed by atoms with Gasteiger partial charge in [0.05, 0.1) is 16.0 Å². The quantitative estimate of drug-likeness (QED) is 0.449. The maximum atomic E-state index is 12.6. The minimum absolute atomic E-state index is 0.208. The summed E-state index contributed by atoms with van der Waals surface area (Å²) in [6.07, 6.45) is 0. The van der Waals surface area contributed by atoms with Gasteiger partial charge in [-0.3, -0.25) is 9.59 Å². The van der Waals surface area contributed by atoms with Crippen molar-refractivity contribution in [2.45, 2.75) is 0 Å². The van der Waals surface area contributed by atoms with Crippen molar-refractivity contribution < 1.29 is 9.21 Å². The summed E-state index contributed by atoms with van der Waals surface area (Å²) in [7, 11) is 0. The minimum Gasteiger partial charge on any atom is -0.456 e. The van der Waals surface area contributed by atoms with E-state index in [1.54, 1.807) is 66.7 Å². The number of benzene rings is 3. The predicted molar refractivity (Wildman–Crippen MR) is 112 cm³/mol. The molecule has 4 nitrogen and oxygen atoms in total. The summed E-state index contributed by atoms with van der Waals surface area (Å²) in [6, 6.07) is 20.1. The zero-order chi connectivity index (χ0) is 19.7. The van der Waals surface area contributed by atoms with E-state index in [9.17, 15) is 9.59 Å². The van der Waals surface area contributed by atoms with Gasteiger partial charge in [0.2, 0.25) is 0 Å². The second-order valence-electron chi connectivity index (χ2n) is 6.13. The summed E-state index contributed by atoms with van der Waals surface area (Å²) in [5.41, 5.74) is 1.80. The second-order valence-corrected chi connectivity index (χ2v) is 6.97. The molecular formula is C22H13Cl2NO3. The van der Waals surface area contributed by atoms with Gasteiger partial charge >= 0.3 is 0 Å². The van der Waals surface area contributed by atoms with E-state index in [2.05, 4.69) is 5.32 Å². The zero-order valence-electron chi connectivity index (χ0n) is 14.4. The number of nitrogens with one attached hydrogen (secondary N) is 1. The Morgan fingerprint density at radius 1 is 0.893 bits per heavy atom. The van der Waals surface area contributed by atoms with E-state index in [-0.39, 0.29) is 11.3 Å². The number of anilines is 1. The molecule has 4 aromatic rings. The smallest absolute Gasteiger partial charge is 0.257 e. The molecule has 138 valence electrons. The standard InChI is InChI=1S/C22H13Cl2NO3/c23-14-7-5-13(6-8-14)21-12-19(26)17-11-15(9-10-20(17)28-21)25-22(27)16-3-1-2-4-18(16)24/h1-12H,(H,25,27). The number of hydrogen-bond acceptors (Lipinski definition) is 3. The van der Waals surface area contributed by atoms with Gasteiger partial charge in [0.15, 0.2) is 5.43 Å². The molecule has 1 amide bonds. The highest BCUT2D eigenvalue weighted by molar-refractivity contribution is 6.34. The highest BCUT2D eigenvalue weighted by Crippen LogP contribution is 2.25. The van der Waals surface area contributed by atoms with Crippen LogP contribution in [0.5, 0.6) is 0 Å². The van der Waals surface area contributed by atoms with E-state index in [0.29, 0.717) is 38.0 Å². The fourth-order valence-corrected chi connectivity index (χ4v) is 3.18. The van der Waals surface area contributed by atoms with Crippen LogP contribution in [0.3, 0.4) is 0 Å². The van der Waals surface area contributed by atoms with Gasteiger partial charge in [-0.05, 0) is 54.6 Å². The molecule has 1 heterocycles. The average Bonchev–Trinajstić information content (AvgIpc) is 2.69. The third-order valence-corrected chi connectivity index (χ3v) is 4.81. The lowest BCUT2D eigenvalue weighted by atomic mass is 10.1. The molecule has 0 saturated heterocycles. The molecule has 0 unspecified atom stereocenters. The molecule has 0 radical (unpaired) electrons. The van der Waals surface area contributed by atoms with Crippen LogP contribution >= 0.6 is 23.2 Å². The lowest BCUT2D eigenvalue weighted by molar-refractivity contribution is 0.102. The first-order chi connectivity index (χ1) is 13.5. The molecule has 6 heteroatoms. The lowest BCUT2D eigenvalue weighted by Gasteiger charge is -2.08. The first kappa shape index (κ1) is 18.3. The van der Waals surface area contributed by atoms with E-state index < -0.39 is 0 Å². The van der Waals surface area contributed by atoms with Gasteiger partial charge in [0, 0.05) is 22.3 Å². The van der Waals surface area contributed by atoms with Crippen LogP contribution in [-0.2, 0) is 0 Å². The van der Waals surface area contributed by atoms with Crippen LogP contribution in [0.15, 0.2) is 82.0 Å². The summed E-state index contributed by atoms with van der Waals surface area (Å²) in [4.78, 5) is 25.0. The predicted octanol–water partition coefficient (Wildman–Crippen LogP) is 6.02. The highest BCUT2D eigenvalue weighted by Gasteiger charge is 2.12. The fraction of sp³-hybridized carbons (Fsp3) is 0. The Labute approximate surface area is 170 Å². The Balaban J connectivity index is 1.68. The van der Waals surface area contributed by atoms with Crippen molar-refractivity contribution in [1.29, 1.82) is 0 Å². The first-order valence-electron chi connectivity index (χ1n) is 8.41. The maximum absolute atomic E-state index is 12.6. The van der Waals surface area contributed by atoms with Crippen molar-refractivity contribution in [1.82, 2.24) is 0 Å².